The Labute approximate surface area is 99.9 Å². The van der Waals surface area contributed by atoms with Crippen molar-refractivity contribution in [2.45, 2.75) is 26.4 Å². The van der Waals surface area contributed by atoms with E-state index >= 15 is 0 Å². The van der Waals surface area contributed by atoms with Crippen LogP contribution in [0.4, 0.5) is 0 Å². The normalized spacial score (nSPS) is 12.5. The Balaban J connectivity index is 2.40. The smallest absolute Gasteiger partial charge is 0.256 e. The van der Waals surface area contributed by atoms with E-state index in [1.165, 1.54) is 7.11 Å². The molecule has 0 aliphatic heterocycles. The van der Waals surface area contributed by atoms with Gasteiger partial charge in [0.1, 0.15) is 11.3 Å². The highest BCUT2D eigenvalue weighted by atomic mass is 16.5. The average Bonchev–Trinajstić information content (AvgIpc) is 2.59. The molecule has 1 rings (SSSR count). The number of hydrogen-bond acceptors (Lipinski definition) is 5. The minimum absolute atomic E-state index is 0.231. The molecular formula is C11H18N2O4. The predicted molar refractivity (Wildman–Crippen MR) is 60.8 cm³/mol. The van der Waals surface area contributed by atoms with E-state index in [-0.39, 0.29) is 12.5 Å². The summed E-state index contributed by atoms with van der Waals surface area (Å²) in [7, 11) is 1.52. The number of methoxy groups -OCH3 is 1. The van der Waals surface area contributed by atoms with E-state index in [2.05, 4.69) is 10.5 Å². The van der Waals surface area contributed by atoms with Crippen LogP contribution in [0.1, 0.15) is 28.2 Å². The molecule has 0 spiro atoms. The van der Waals surface area contributed by atoms with E-state index in [0.29, 0.717) is 30.0 Å². The number of carbonyl (C=O) groups excluding carboxylic acids is 1. The van der Waals surface area contributed by atoms with Crippen LogP contribution in [0.3, 0.4) is 0 Å². The van der Waals surface area contributed by atoms with Crippen molar-refractivity contribution in [1.29, 1.82) is 0 Å². The number of aliphatic hydroxyl groups excluding tert-OH is 1. The van der Waals surface area contributed by atoms with E-state index in [1.807, 2.05) is 0 Å². The van der Waals surface area contributed by atoms with Crippen LogP contribution < -0.4 is 5.32 Å². The minimum atomic E-state index is -0.565. The van der Waals surface area contributed by atoms with Gasteiger partial charge < -0.3 is 19.7 Å². The first-order valence-electron chi connectivity index (χ1n) is 5.44. The molecule has 17 heavy (non-hydrogen) atoms. The van der Waals surface area contributed by atoms with Crippen LogP contribution in [-0.2, 0) is 4.74 Å². The van der Waals surface area contributed by atoms with Crippen LogP contribution in [0.25, 0.3) is 0 Å². The second-order valence-corrected chi connectivity index (χ2v) is 3.85. The van der Waals surface area contributed by atoms with Crippen LogP contribution in [0.2, 0.25) is 0 Å². The van der Waals surface area contributed by atoms with E-state index < -0.39 is 6.10 Å². The fourth-order valence-electron chi connectivity index (χ4n) is 1.52. The van der Waals surface area contributed by atoms with E-state index in [9.17, 15) is 9.90 Å². The van der Waals surface area contributed by atoms with Crippen molar-refractivity contribution in [2.24, 2.45) is 0 Å². The van der Waals surface area contributed by atoms with Gasteiger partial charge in [0.2, 0.25) is 0 Å². The maximum absolute atomic E-state index is 11.8. The molecule has 6 nitrogen and oxygen atoms in total. The van der Waals surface area contributed by atoms with Crippen molar-refractivity contribution in [3.63, 3.8) is 0 Å². The third-order valence-electron chi connectivity index (χ3n) is 2.38. The molecule has 0 aromatic carbocycles. The number of aliphatic hydroxyl groups is 1. The first kappa shape index (κ1) is 13.7. The Morgan fingerprint density at radius 3 is 2.82 bits per heavy atom. The zero-order valence-electron chi connectivity index (χ0n) is 10.3. The van der Waals surface area contributed by atoms with Gasteiger partial charge in [-0.2, -0.15) is 0 Å². The molecule has 1 atom stereocenters. The second-order valence-electron chi connectivity index (χ2n) is 3.85. The van der Waals surface area contributed by atoms with Crippen molar-refractivity contribution in [3.8, 4) is 0 Å². The Bertz CT molecular complexity index is 356. The average molecular weight is 242 g/mol. The molecular weight excluding hydrogens is 224 g/mol. The molecule has 96 valence electrons. The Morgan fingerprint density at radius 2 is 2.29 bits per heavy atom. The lowest BCUT2D eigenvalue weighted by atomic mass is 10.2. The number of nitrogens with one attached hydrogen (secondary N) is 1. The van der Waals surface area contributed by atoms with Gasteiger partial charge in [-0.3, -0.25) is 4.79 Å². The summed E-state index contributed by atoms with van der Waals surface area (Å²) in [6, 6.07) is 0. The van der Waals surface area contributed by atoms with Gasteiger partial charge in [0.15, 0.2) is 0 Å². The van der Waals surface area contributed by atoms with Crippen LogP contribution in [0, 0.1) is 13.8 Å². The van der Waals surface area contributed by atoms with E-state index in [1.54, 1.807) is 13.8 Å². The number of nitrogens with zero attached hydrogens (tertiary/aromatic N) is 1. The van der Waals surface area contributed by atoms with Crippen molar-refractivity contribution in [3.05, 3.63) is 17.0 Å². The first-order chi connectivity index (χ1) is 8.06. The van der Waals surface area contributed by atoms with E-state index in [0.717, 1.165) is 0 Å². The topological polar surface area (TPSA) is 84.6 Å². The van der Waals surface area contributed by atoms with Crippen molar-refractivity contribution >= 4 is 5.91 Å². The highest BCUT2D eigenvalue weighted by Gasteiger charge is 2.17. The number of aromatic nitrogens is 1. The summed E-state index contributed by atoms with van der Waals surface area (Å²) in [6.07, 6.45) is -0.117. The zero-order chi connectivity index (χ0) is 12.8. The summed E-state index contributed by atoms with van der Waals surface area (Å²) in [6.45, 7) is 4.05. The maximum Gasteiger partial charge on any atom is 0.256 e. The molecule has 1 aromatic heterocycles. The first-order valence-corrected chi connectivity index (χ1v) is 5.44. The maximum atomic E-state index is 11.8. The monoisotopic (exact) mass is 242 g/mol. The van der Waals surface area contributed by atoms with Gasteiger partial charge in [0, 0.05) is 13.7 Å². The van der Waals surface area contributed by atoms with Crippen molar-refractivity contribution in [2.75, 3.05) is 20.3 Å². The number of hydrogen-bond donors (Lipinski definition) is 2. The molecule has 0 saturated heterocycles. The minimum Gasteiger partial charge on any atom is -0.391 e. The summed E-state index contributed by atoms with van der Waals surface area (Å²) >= 11 is 0. The lowest BCUT2D eigenvalue weighted by molar-refractivity contribution is 0.0587. The molecule has 6 heteroatoms. The molecule has 1 amide bonds. The molecule has 0 aliphatic carbocycles. The highest BCUT2D eigenvalue weighted by molar-refractivity contribution is 5.96. The zero-order valence-corrected chi connectivity index (χ0v) is 10.3. The van der Waals surface area contributed by atoms with Gasteiger partial charge in [-0.15, -0.1) is 0 Å². The second kappa shape index (κ2) is 6.36. The number of carbonyl (C=O) groups is 1. The fraction of sp³-hybridized carbons (Fsp3) is 0.636. The molecule has 0 fully saturated rings. The fourth-order valence-corrected chi connectivity index (χ4v) is 1.52. The summed E-state index contributed by atoms with van der Waals surface area (Å²) in [5.41, 5.74) is 1.03. The van der Waals surface area contributed by atoms with Gasteiger partial charge >= 0.3 is 0 Å². The summed E-state index contributed by atoms with van der Waals surface area (Å²) in [4.78, 5) is 11.8. The Morgan fingerprint density at radius 1 is 1.59 bits per heavy atom. The predicted octanol–water partition coefficient (Wildman–Crippen LogP) is 0.419. The number of aryl methyl sites for hydroxylation is 2. The molecule has 2 N–H and O–H groups in total. The molecule has 1 heterocycles. The lowest BCUT2D eigenvalue weighted by Crippen LogP contribution is -2.29. The van der Waals surface area contributed by atoms with Crippen LogP contribution in [-0.4, -0.2) is 42.5 Å². The SMILES string of the molecule is COCC(O)CCNC(=O)c1c(C)noc1C. The Kier molecular flexibility index (Phi) is 5.11. The van der Waals surface area contributed by atoms with Gasteiger partial charge in [-0.25, -0.2) is 0 Å². The molecule has 1 aromatic rings. The van der Waals surface area contributed by atoms with Gasteiger partial charge in [-0.05, 0) is 20.3 Å². The third-order valence-corrected chi connectivity index (χ3v) is 2.38. The van der Waals surface area contributed by atoms with Crippen LogP contribution in [0.5, 0.6) is 0 Å². The molecule has 0 radical (unpaired) electrons. The molecule has 0 saturated carbocycles. The lowest BCUT2D eigenvalue weighted by Gasteiger charge is -2.09. The number of amides is 1. The van der Waals surface area contributed by atoms with Crippen molar-refractivity contribution < 1.29 is 19.2 Å². The van der Waals surface area contributed by atoms with Gasteiger partial charge in [0.25, 0.3) is 5.91 Å². The number of rotatable bonds is 6. The van der Waals surface area contributed by atoms with Gasteiger partial charge in [0.05, 0.1) is 18.4 Å². The largest absolute Gasteiger partial charge is 0.391 e. The van der Waals surface area contributed by atoms with Crippen LogP contribution >= 0.6 is 0 Å². The number of ether oxygens (including phenoxy) is 1. The standard InChI is InChI=1S/C11H18N2O4/c1-7-10(8(2)17-13-7)11(15)12-5-4-9(14)6-16-3/h9,14H,4-6H2,1-3H3,(H,12,15). The molecule has 1 unspecified atom stereocenters. The Hall–Kier alpha value is -1.40. The molecule has 0 bridgehead atoms. The van der Waals surface area contributed by atoms with Gasteiger partial charge in [-0.1, -0.05) is 5.16 Å². The quantitative estimate of drug-likeness (QED) is 0.755. The highest BCUT2D eigenvalue weighted by Crippen LogP contribution is 2.11. The summed E-state index contributed by atoms with van der Waals surface area (Å²) in [5, 5.41) is 15.8. The summed E-state index contributed by atoms with van der Waals surface area (Å²) < 4.78 is 9.69. The molecule has 0 aliphatic rings. The summed E-state index contributed by atoms with van der Waals surface area (Å²) in [5.74, 6) is 0.267. The third kappa shape index (κ3) is 3.83. The van der Waals surface area contributed by atoms with Crippen LogP contribution in [0.15, 0.2) is 4.52 Å². The van der Waals surface area contributed by atoms with E-state index in [4.69, 9.17) is 9.26 Å². The van der Waals surface area contributed by atoms with Crippen molar-refractivity contribution in [1.82, 2.24) is 10.5 Å².